The fraction of sp³-hybridized carbons (Fsp3) is 0.824. The smallest absolute Gasteiger partial charge is 0.459 e. The van der Waals surface area contributed by atoms with Crippen LogP contribution in [0.1, 0.15) is 39.0 Å². The molecule has 0 heterocycles. The van der Waals surface area contributed by atoms with Crippen LogP contribution in [0, 0.1) is 35.0 Å². The lowest BCUT2D eigenvalue weighted by Gasteiger charge is -2.63. The van der Waals surface area contributed by atoms with Gasteiger partial charge in [-0.3, -0.25) is 4.55 Å². The van der Waals surface area contributed by atoms with E-state index in [9.17, 15) is 22.0 Å². The third-order valence-electron chi connectivity index (χ3n) is 6.84. The van der Waals surface area contributed by atoms with E-state index < -0.39 is 26.8 Å². The van der Waals surface area contributed by atoms with Crippen molar-refractivity contribution in [3.63, 3.8) is 0 Å². The van der Waals surface area contributed by atoms with Gasteiger partial charge in [-0.1, -0.05) is 18.6 Å². The van der Waals surface area contributed by atoms with Crippen molar-refractivity contribution in [1.82, 2.24) is 0 Å². The predicted octanol–water partition coefficient (Wildman–Crippen LogP) is 3.03. The molecule has 4 saturated carbocycles. The number of rotatable bonds is 4. The molecular formula is C17H22F2O5S. The van der Waals surface area contributed by atoms with Crippen LogP contribution in [0.25, 0.3) is 0 Å². The van der Waals surface area contributed by atoms with Crippen LogP contribution in [0.15, 0.2) is 11.6 Å². The first-order chi connectivity index (χ1) is 11.5. The molecule has 6 atom stereocenters. The number of esters is 1. The summed E-state index contributed by atoms with van der Waals surface area (Å²) in [5.41, 5.74) is 0.790. The van der Waals surface area contributed by atoms with Gasteiger partial charge in [-0.05, 0) is 61.7 Å². The molecule has 0 aromatic heterocycles. The number of carbonyl (C=O) groups excluding carboxylic acids is 1. The maximum atomic E-state index is 13.5. The summed E-state index contributed by atoms with van der Waals surface area (Å²) < 4.78 is 61.7. The summed E-state index contributed by atoms with van der Waals surface area (Å²) in [5, 5.41) is -4.92. The number of hydrogen-bond donors (Lipinski definition) is 1. The molecular weight excluding hydrogens is 354 g/mol. The monoisotopic (exact) mass is 376 g/mol. The van der Waals surface area contributed by atoms with E-state index >= 15 is 0 Å². The molecule has 5 nitrogen and oxygen atoms in total. The first-order valence-corrected chi connectivity index (χ1v) is 10.2. The SMILES string of the molecule is CC1C=C2C3CC4CC(CC2(COC(=O)C(F)(F)S(=O)(=O)O)C4)C3C1. The number of carbonyl (C=O) groups is 1. The fourth-order valence-electron chi connectivity index (χ4n) is 6.14. The zero-order valence-electron chi connectivity index (χ0n) is 14.0. The second-order valence-corrected chi connectivity index (χ2v) is 9.92. The Hall–Kier alpha value is -1.02. The van der Waals surface area contributed by atoms with Crippen molar-refractivity contribution < 1.29 is 31.3 Å². The molecule has 140 valence electrons. The van der Waals surface area contributed by atoms with E-state index in [-0.39, 0.29) is 6.61 Å². The molecule has 0 aliphatic heterocycles. The molecule has 0 aromatic rings. The number of alkyl halides is 2. The van der Waals surface area contributed by atoms with Crippen LogP contribution < -0.4 is 0 Å². The van der Waals surface area contributed by atoms with Gasteiger partial charge in [0.15, 0.2) is 0 Å². The van der Waals surface area contributed by atoms with Crippen molar-refractivity contribution in [3.8, 4) is 0 Å². The first-order valence-electron chi connectivity index (χ1n) is 8.78. The van der Waals surface area contributed by atoms with Gasteiger partial charge >= 0.3 is 21.3 Å². The Morgan fingerprint density at radius 2 is 2.08 bits per heavy atom. The Bertz CT molecular complexity index is 746. The molecule has 0 amide bonds. The van der Waals surface area contributed by atoms with E-state index in [1.54, 1.807) is 0 Å². The van der Waals surface area contributed by atoms with Crippen LogP contribution in [-0.2, 0) is 19.6 Å². The average molecular weight is 376 g/mol. The Morgan fingerprint density at radius 1 is 1.36 bits per heavy atom. The van der Waals surface area contributed by atoms with Gasteiger partial charge in [-0.2, -0.15) is 17.2 Å². The molecule has 5 aliphatic carbocycles. The molecule has 5 aliphatic rings. The quantitative estimate of drug-likeness (QED) is 0.463. The second kappa shape index (κ2) is 5.25. The molecule has 0 radical (unpaired) electrons. The van der Waals surface area contributed by atoms with E-state index in [2.05, 4.69) is 13.0 Å². The lowest BCUT2D eigenvalue weighted by Crippen LogP contribution is -2.56. The third kappa shape index (κ3) is 2.47. The van der Waals surface area contributed by atoms with E-state index in [4.69, 9.17) is 9.29 Å². The Kier molecular flexibility index (Phi) is 3.65. The van der Waals surface area contributed by atoms with Crippen LogP contribution >= 0.6 is 0 Å². The van der Waals surface area contributed by atoms with Crippen LogP contribution in [0.5, 0.6) is 0 Å². The van der Waals surface area contributed by atoms with E-state index in [1.165, 1.54) is 5.57 Å². The third-order valence-corrected chi connectivity index (χ3v) is 7.65. The lowest BCUT2D eigenvalue weighted by atomic mass is 9.42. The highest BCUT2D eigenvalue weighted by molar-refractivity contribution is 7.87. The lowest BCUT2D eigenvalue weighted by molar-refractivity contribution is -0.169. The standard InChI is InChI=1S/C17H22F2O5S/c1-9-2-12-11-4-10-5-13(12)14(3-9)16(6-10,7-11)8-24-15(20)17(18,19)25(21,22)23/h3,9-13H,2,4-8H2,1H3,(H,21,22,23). The number of hydrogen-bond acceptors (Lipinski definition) is 4. The van der Waals surface area contributed by atoms with E-state index in [0.29, 0.717) is 29.6 Å². The van der Waals surface area contributed by atoms with Crippen LogP contribution in [0.3, 0.4) is 0 Å². The molecule has 0 saturated heterocycles. The Balaban J connectivity index is 1.59. The molecule has 25 heavy (non-hydrogen) atoms. The molecule has 0 aromatic carbocycles. The van der Waals surface area contributed by atoms with Gasteiger partial charge < -0.3 is 4.74 Å². The van der Waals surface area contributed by atoms with Crippen molar-refractivity contribution in [3.05, 3.63) is 11.6 Å². The minimum absolute atomic E-state index is 0.230. The normalized spacial score (nSPS) is 42.2. The summed E-state index contributed by atoms with van der Waals surface area (Å²) in [5.74, 6) is 0.359. The maximum Gasteiger partial charge on any atom is 0.465 e. The molecule has 4 fully saturated rings. The molecule has 1 N–H and O–H groups in total. The fourth-order valence-corrected chi connectivity index (χ4v) is 6.41. The van der Waals surface area contributed by atoms with Crippen molar-refractivity contribution in [2.75, 3.05) is 6.61 Å². The van der Waals surface area contributed by atoms with Gasteiger partial charge in [0.05, 0.1) is 0 Å². The van der Waals surface area contributed by atoms with Gasteiger partial charge in [-0.25, -0.2) is 4.79 Å². The number of ether oxygens (including phenoxy) is 1. The Labute approximate surface area is 145 Å². The summed E-state index contributed by atoms with van der Waals surface area (Å²) in [6.07, 6.45) is 7.26. The highest BCUT2D eigenvalue weighted by Crippen LogP contribution is 2.67. The topological polar surface area (TPSA) is 80.7 Å². The predicted molar refractivity (Wildman–Crippen MR) is 84.2 cm³/mol. The van der Waals surface area contributed by atoms with Crippen LogP contribution in [0.4, 0.5) is 8.78 Å². The molecule has 6 unspecified atom stereocenters. The zero-order valence-corrected chi connectivity index (χ0v) is 14.8. The summed E-state index contributed by atoms with van der Waals surface area (Å²) in [6, 6.07) is 0. The average Bonchev–Trinajstić information content (AvgIpc) is 2.50. The van der Waals surface area contributed by atoms with Gasteiger partial charge in [0.25, 0.3) is 0 Å². The second-order valence-electron chi connectivity index (χ2n) is 8.46. The van der Waals surface area contributed by atoms with Gasteiger partial charge in [-0.15, -0.1) is 0 Å². The summed E-state index contributed by atoms with van der Waals surface area (Å²) in [6.45, 7) is 1.92. The first kappa shape index (κ1) is 17.4. The summed E-state index contributed by atoms with van der Waals surface area (Å²) in [4.78, 5) is 11.6. The highest BCUT2D eigenvalue weighted by atomic mass is 32.2. The van der Waals surface area contributed by atoms with E-state index in [1.807, 2.05) is 0 Å². The van der Waals surface area contributed by atoms with Crippen LogP contribution in [0.2, 0.25) is 0 Å². The largest absolute Gasteiger partial charge is 0.465 e. The minimum Gasteiger partial charge on any atom is -0.459 e. The van der Waals surface area contributed by atoms with Crippen molar-refractivity contribution in [2.45, 2.75) is 44.3 Å². The summed E-state index contributed by atoms with van der Waals surface area (Å²) >= 11 is 0. The molecule has 5 rings (SSSR count). The van der Waals surface area contributed by atoms with Crippen molar-refractivity contribution >= 4 is 16.1 Å². The zero-order chi connectivity index (χ0) is 18.2. The van der Waals surface area contributed by atoms with Gasteiger partial charge in [0, 0.05) is 5.41 Å². The van der Waals surface area contributed by atoms with Gasteiger partial charge in [0.2, 0.25) is 0 Å². The van der Waals surface area contributed by atoms with Crippen molar-refractivity contribution in [1.29, 1.82) is 0 Å². The number of halogens is 2. The molecule has 8 heteroatoms. The Morgan fingerprint density at radius 3 is 2.76 bits per heavy atom. The van der Waals surface area contributed by atoms with E-state index in [0.717, 1.165) is 32.1 Å². The van der Waals surface area contributed by atoms with Crippen LogP contribution in [-0.4, -0.2) is 30.8 Å². The van der Waals surface area contributed by atoms with Gasteiger partial charge in [0.1, 0.15) is 6.61 Å². The maximum absolute atomic E-state index is 13.5. The minimum atomic E-state index is -5.83. The summed E-state index contributed by atoms with van der Waals surface area (Å²) in [7, 11) is -5.83. The number of allylic oxidation sites excluding steroid dienone is 1. The molecule has 6 bridgehead atoms. The highest BCUT2D eigenvalue weighted by Gasteiger charge is 2.61. The van der Waals surface area contributed by atoms with Crippen molar-refractivity contribution in [2.24, 2.45) is 35.0 Å². The molecule has 0 spiro atoms.